The monoisotopic (exact) mass is 189 g/mol. The lowest BCUT2D eigenvalue weighted by atomic mass is 10.2. The Kier molecular flexibility index (Phi) is 2.23. The highest BCUT2D eigenvalue weighted by molar-refractivity contribution is 5.87. The van der Waals surface area contributed by atoms with Crippen molar-refractivity contribution in [2.75, 3.05) is 14.2 Å². The molecule has 0 unspecified atom stereocenters. The van der Waals surface area contributed by atoms with Gasteiger partial charge in [0, 0.05) is 5.39 Å². The minimum absolute atomic E-state index is 0.659. The SMILES string of the molecule is COc1cnc2ccccc2c1OC. The van der Waals surface area contributed by atoms with E-state index in [2.05, 4.69) is 4.98 Å². The van der Waals surface area contributed by atoms with Crippen molar-refractivity contribution >= 4 is 10.9 Å². The minimum Gasteiger partial charge on any atom is -0.492 e. The van der Waals surface area contributed by atoms with E-state index in [9.17, 15) is 0 Å². The van der Waals surface area contributed by atoms with Gasteiger partial charge in [-0.2, -0.15) is 0 Å². The number of para-hydroxylation sites is 1. The van der Waals surface area contributed by atoms with Crippen molar-refractivity contribution in [2.45, 2.75) is 0 Å². The molecular formula is C11H11NO2. The van der Waals surface area contributed by atoms with Crippen LogP contribution in [-0.2, 0) is 0 Å². The van der Waals surface area contributed by atoms with Gasteiger partial charge in [0.15, 0.2) is 11.5 Å². The molecule has 0 aliphatic rings. The van der Waals surface area contributed by atoms with Gasteiger partial charge in [-0.05, 0) is 12.1 Å². The number of fused-ring (bicyclic) bond motifs is 1. The predicted molar refractivity (Wildman–Crippen MR) is 54.8 cm³/mol. The molecule has 2 aromatic rings. The fraction of sp³-hybridized carbons (Fsp3) is 0.182. The maximum absolute atomic E-state index is 5.28. The Bertz CT molecular complexity index is 454. The first-order valence-corrected chi connectivity index (χ1v) is 4.32. The van der Waals surface area contributed by atoms with Crippen LogP contribution >= 0.6 is 0 Å². The van der Waals surface area contributed by atoms with E-state index in [1.54, 1.807) is 20.4 Å². The van der Waals surface area contributed by atoms with Crippen molar-refractivity contribution < 1.29 is 9.47 Å². The Hall–Kier alpha value is -1.77. The van der Waals surface area contributed by atoms with E-state index in [1.165, 1.54) is 0 Å². The molecule has 0 radical (unpaired) electrons. The topological polar surface area (TPSA) is 31.4 Å². The van der Waals surface area contributed by atoms with Gasteiger partial charge in [0.05, 0.1) is 25.9 Å². The number of aromatic nitrogens is 1. The lowest BCUT2D eigenvalue weighted by Gasteiger charge is -2.09. The first-order valence-electron chi connectivity index (χ1n) is 4.32. The zero-order chi connectivity index (χ0) is 9.97. The van der Waals surface area contributed by atoms with Gasteiger partial charge in [-0.3, -0.25) is 4.98 Å². The Labute approximate surface area is 82.3 Å². The third-order valence-corrected chi connectivity index (χ3v) is 2.12. The molecule has 2 rings (SSSR count). The number of pyridine rings is 1. The van der Waals surface area contributed by atoms with Crippen molar-refractivity contribution in [3.05, 3.63) is 30.5 Å². The van der Waals surface area contributed by atoms with Crippen LogP contribution < -0.4 is 9.47 Å². The quantitative estimate of drug-likeness (QED) is 0.726. The zero-order valence-corrected chi connectivity index (χ0v) is 8.15. The molecule has 0 saturated heterocycles. The third-order valence-electron chi connectivity index (χ3n) is 2.12. The van der Waals surface area contributed by atoms with Gasteiger partial charge in [-0.15, -0.1) is 0 Å². The summed E-state index contributed by atoms with van der Waals surface area (Å²) in [6, 6.07) is 7.80. The lowest BCUT2D eigenvalue weighted by Crippen LogP contribution is -1.92. The molecule has 0 fully saturated rings. The molecule has 0 aliphatic heterocycles. The Morgan fingerprint density at radius 2 is 1.86 bits per heavy atom. The molecule has 3 heteroatoms. The second-order valence-electron chi connectivity index (χ2n) is 2.88. The Morgan fingerprint density at radius 1 is 1.07 bits per heavy atom. The van der Waals surface area contributed by atoms with Crippen LogP contribution in [0.2, 0.25) is 0 Å². The van der Waals surface area contributed by atoms with Crippen LogP contribution in [0.15, 0.2) is 30.5 Å². The predicted octanol–water partition coefficient (Wildman–Crippen LogP) is 2.25. The number of hydrogen-bond acceptors (Lipinski definition) is 3. The summed E-state index contributed by atoms with van der Waals surface area (Å²) in [5, 5.41) is 0.967. The number of hydrogen-bond donors (Lipinski definition) is 0. The van der Waals surface area contributed by atoms with Crippen LogP contribution in [0.3, 0.4) is 0 Å². The van der Waals surface area contributed by atoms with Crippen LogP contribution in [0.1, 0.15) is 0 Å². The average Bonchev–Trinajstić information content (AvgIpc) is 2.27. The Morgan fingerprint density at radius 3 is 2.57 bits per heavy atom. The summed E-state index contributed by atoms with van der Waals surface area (Å²) < 4.78 is 10.4. The second kappa shape index (κ2) is 3.54. The molecule has 0 aliphatic carbocycles. The molecule has 0 bridgehead atoms. The van der Waals surface area contributed by atoms with Crippen molar-refractivity contribution in [3.63, 3.8) is 0 Å². The summed E-state index contributed by atoms with van der Waals surface area (Å²) in [7, 11) is 3.23. The van der Waals surface area contributed by atoms with Crippen LogP contribution in [0.5, 0.6) is 11.5 Å². The normalized spacial score (nSPS) is 10.1. The fourth-order valence-electron chi connectivity index (χ4n) is 1.45. The van der Waals surface area contributed by atoms with E-state index >= 15 is 0 Å². The van der Waals surface area contributed by atoms with Crippen LogP contribution in [0, 0.1) is 0 Å². The molecule has 14 heavy (non-hydrogen) atoms. The molecule has 1 heterocycles. The number of benzene rings is 1. The molecule has 0 spiro atoms. The molecule has 0 atom stereocenters. The van der Waals surface area contributed by atoms with Gasteiger partial charge in [0.2, 0.25) is 0 Å². The fourth-order valence-corrected chi connectivity index (χ4v) is 1.45. The molecule has 1 aromatic heterocycles. The first-order chi connectivity index (χ1) is 6.86. The molecule has 0 N–H and O–H groups in total. The van der Waals surface area contributed by atoms with E-state index in [4.69, 9.17) is 9.47 Å². The standard InChI is InChI=1S/C11H11NO2/c1-13-10-7-12-9-6-4-3-5-8(9)11(10)14-2/h3-7H,1-2H3. The van der Waals surface area contributed by atoms with E-state index in [1.807, 2.05) is 24.3 Å². The van der Waals surface area contributed by atoms with E-state index in [0.717, 1.165) is 16.7 Å². The molecule has 0 amide bonds. The van der Waals surface area contributed by atoms with Gasteiger partial charge >= 0.3 is 0 Å². The average molecular weight is 189 g/mol. The summed E-state index contributed by atoms with van der Waals surface area (Å²) in [6.07, 6.45) is 1.67. The maximum Gasteiger partial charge on any atom is 0.179 e. The minimum atomic E-state index is 0.659. The van der Waals surface area contributed by atoms with Gasteiger partial charge in [0.25, 0.3) is 0 Å². The number of nitrogens with zero attached hydrogens (tertiary/aromatic N) is 1. The third kappa shape index (κ3) is 1.27. The summed E-state index contributed by atoms with van der Waals surface area (Å²) >= 11 is 0. The highest BCUT2D eigenvalue weighted by Gasteiger charge is 2.08. The summed E-state index contributed by atoms with van der Waals surface area (Å²) in [4.78, 5) is 4.26. The van der Waals surface area contributed by atoms with Crippen molar-refractivity contribution in [1.29, 1.82) is 0 Å². The number of rotatable bonds is 2. The summed E-state index contributed by atoms with van der Waals surface area (Å²) in [6.45, 7) is 0. The van der Waals surface area contributed by atoms with Crippen LogP contribution in [0.4, 0.5) is 0 Å². The molecule has 72 valence electrons. The molecule has 3 nitrogen and oxygen atoms in total. The number of methoxy groups -OCH3 is 2. The van der Waals surface area contributed by atoms with Gasteiger partial charge in [-0.25, -0.2) is 0 Å². The first kappa shape index (κ1) is 8.81. The Balaban J connectivity index is 2.77. The van der Waals surface area contributed by atoms with Crippen molar-refractivity contribution in [2.24, 2.45) is 0 Å². The molecular weight excluding hydrogens is 178 g/mol. The molecule has 0 saturated carbocycles. The van der Waals surface area contributed by atoms with Crippen LogP contribution in [-0.4, -0.2) is 19.2 Å². The van der Waals surface area contributed by atoms with E-state index in [0.29, 0.717) is 5.75 Å². The van der Waals surface area contributed by atoms with Gasteiger partial charge in [-0.1, -0.05) is 12.1 Å². The highest BCUT2D eigenvalue weighted by Crippen LogP contribution is 2.33. The van der Waals surface area contributed by atoms with Crippen molar-refractivity contribution in [3.8, 4) is 11.5 Å². The largest absolute Gasteiger partial charge is 0.492 e. The van der Waals surface area contributed by atoms with Crippen molar-refractivity contribution in [1.82, 2.24) is 4.98 Å². The van der Waals surface area contributed by atoms with Gasteiger partial charge in [0.1, 0.15) is 0 Å². The smallest absolute Gasteiger partial charge is 0.179 e. The number of ether oxygens (including phenoxy) is 2. The lowest BCUT2D eigenvalue weighted by molar-refractivity contribution is 0.357. The maximum atomic E-state index is 5.28. The summed E-state index contributed by atoms with van der Waals surface area (Å²) in [5.41, 5.74) is 0.908. The molecule has 1 aromatic carbocycles. The second-order valence-corrected chi connectivity index (χ2v) is 2.88. The van der Waals surface area contributed by atoms with E-state index < -0.39 is 0 Å². The zero-order valence-electron chi connectivity index (χ0n) is 8.15. The van der Waals surface area contributed by atoms with Gasteiger partial charge < -0.3 is 9.47 Å². The summed E-state index contributed by atoms with van der Waals surface area (Å²) in [5.74, 6) is 1.39. The highest BCUT2D eigenvalue weighted by atomic mass is 16.5. The van der Waals surface area contributed by atoms with E-state index in [-0.39, 0.29) is 0 Å². The van der Waals surface area contributed by atoms with Crippen LogP contribution in [0.25, 0.3) is 10.9 Å².